The Morgan fingerprint density at radius 1 is 1.13 bits per heavy atom. The molecule has 1 aliphatic heterocycles. The van der Waals surface area contributed by atoms with Crippen LogP contribution in [0.2, 0.25) is 5.02 Å². The summed E-state index contributed by atoms with van der Waals surface area (Å²) in [5.41, 5.74) is 1.38. The van der Waals surface area contributed by atoms with E-state index in [1.807, 2.05) is 44.2 Å². The molecule has 30 heavy (non-hydrogen) atoms. The SMILES string of the molecule is CC(C)(Cc1ccccc1)NC(=O)[C@H]1CCCN(S(=O)(=O)Cc2cccc(Cl)c2)C1. The molecule has 1 aliphatic rings. The van der Waals surface area contributed by atoms with Crippen LogP contribution in [0, 0.1) is 5.92 Å². The summed E-state index contributed by atoms with van der Waals surface area (Å²) < 4.78 is 27.3. The summed E-state index contributed by atoms with van der Waals surface area (Å²) >= 11 is 5.98. The lowest BCUT2D eigenvalue weighted by Gasteiger charge is -2.34. The Morgan fingerprint density at radius 3 is 2.53 bits per heavy atom. The summed E-state index contributed by atoms with van der Waals surface area (Å²) in [5, 5.41) is 3.64. The second-order valence-corrected chi connectivity index (χ2v) is 11.0. The molecular weight excluding hydrogens is 420 g/mol. The van der Waals surface area contributed by atoms with E-state index in [1.54, 1.807) is 24.3 Å². The molecule has 0 unspecified atom stereocenters. The summed E-state index contributed by atoms with van der Waals surface area (Å²) in [5.74, 6) is -0.539. The molecule has 5 nitrogen and oxygen atoms in total. The number of hydrogen-bond donors (Lipinski definition) is 1. The van der Waals surface area contributed by atoms with Crippen LogP contribution in [0.3, 0.4) is 0 Å². The van der Waals surface area contributed by atoms with Gasteiger partial charge in [-0.15, -0.1) is 0 Å². The zero-order valence-electron chi connectivity index (χ0n) is 17.5. The third kappa shape index (κ3) is 6.30. The van der Waals surface area contributed by atoms with Gasteiger partial charge < -0.3 is 5.32 Å². The number of benzene rings is 2. The largest absolute Gasteiger partial charge is 0.351 e. The molecule has 2 aromatic carbocycles. The minimum Gasteiger partial charge on any atom is -0.351 e. The Bertz CT molecular complexity index is 977. The van der Waals surface area contributed by atoms with Crippen molar-refractivity contribution in [1.82, 2.24) is 9.62 Å². The number of carbonyl (C=O) groups excluding carboxylic acids is 1. The zero-order valence-corrected chi connectivity index (χ0v) is 19.0. The Kier molecular flexibility index (Phi) is 7.22. The van der Waals surface area contributed by atoms with E-state index in [0.717, 1.165) is 5.56 Å². The Balaban J connectivity index is 1.62. The average molecular weight is 449 g/mol. The Labute approximate surface area is 184 Å². The lowest BCUT2D eigenvalue weighted by molar-refractivity contribution is -0.127. The third-order valence-electron chi connectivity index (χ3n) is 5.34. The van der Waals surface area contributed by atoms with E-state index in [1.165, 1.54) is 4.31 Å². The van der Waals surface area contributed by atoms with Crippen molar-refractivity contribution in [3.05, 3.63) is 70.7 Å². The molecular formula is C23H29ClN2O3S. The number of piperidine rings is 1. The standard InChI is InChI=1S/C23H29ClN2O3S/c1-23(2,15-18-8-4-3-5-9-18)25-22(27)20-11-7-13-26(16-20)30(28,29)17-19-10-6-12-21(24)14-19/h3-6,8-10,12,14,20H,7,11,13,15-17H2,1-2H3,(H,25,27)/t20-/m0/s1. The minimum absolute atomic E-state index is 0.0846. The fourth-order valence-corrected chi connectivity index (χ4v) is 5.73. The number of amides is 1. The zero-order chi connectivity index (χ0) is 21.8. The maximum Gasteiger partial charge on any atom is 0.224 e. The van der Waals surface area contributed by atoms with E-state index >= 15 is 0 Å². The summed E-state index contributed by atoms with van der Waals surface area (Å²) in [7, 11) is -3.52. The van der Waals surface area contributed by atoms with Crippen LogP contribution in [-0.2, 0) is 27.0 Å². The van der Waals surface area contributed by atoms with Crippen molar-refractivity contribution >= 4 is 27.5 Å². The number of carbonyl (C=O) groups is 1. The van der Waals surface area contributed by atoms with Gasteiger partial charge in [-0.25, -0.2) is 12.7 Å². The maximum atomic E-state index is 12.9. The predicted molar refractivity (Wildman–Crippen MR) is 121 cm³/mol. The van der Waals surface area contributed by atoms with Gasteiger partial charge in [0.25, 0.3) is 0 Å². The van der Waals surface area contributed by atoms with Gasteiger partial charge in [0.2, 0.25) is 15.9 Å². The molecule has 0 aromatic heterocycles. The molecule has 0 aliphatic carbocycles. The molecule has 2 aromatic rings. The highest BCUT2D eigenvalue weighted by Crippen LogP contribution is 2.24. The van der Waals surface area contributed by atoms with Crippen LogP contribution in [0.4, 0.5) is 0 Å². The van der Waals surface area contributed by atoms with Gasteiger partial charge in [-0.05, 0) is 56.4 Å². The molecule has 7 heteroatoms. The van der Waals surface area contributed by atoms with Crippen LogP contribution in [0.5, 0.6) is 0 Å². The topological polar surface area (TPSA) is 66.5 Å². The maximum absolute atomic E-state index is 12.9. The lowest BCUT2D eigenvalue weighted by Crippen LogP contribution is -2.51. The lowest BCUT2D eigenvalue weighted by atomic mass is 9.92. The first kappa shape index (κ1) is 22.8. The van der Waals surface area contributed by atoms with Crippen molar-refractivity contribution in [2.75, 3.05) is 13.1 Å². The summed E-state index contributed by atoms with van der Waals surface area (Å²) in [6.07, 6.45) is 2.07. The molecule has 0 spiro atoms. The van der Waals surface area contributed by atoms with Crippen molar-refractivity contribution in [2.24, 2.45) is 5.92 Å². The monoisotopic (exact) mass is 448 g/mol. The molecule has 1 saturated heterocycles. The smallest absolute Gasteiger partial charge is 0.224 e. The second-order valence-electron chi connectivity index (χ2n) is 8.62. The van der Waals surface area contributed by atoms with Gasteiger partial charge in [0.15, 0.2) is 0 Å². The average Bonchev–Trinajstić information content (AvgIpc) is 2.68. The van der Waals surface area contributed by atoms with Crippen LogP contribution >= 0.6 is 11.6 Å². The van der Waals surface area contributed by atoms with Crippen LogP contribution in [-0.4, -0.2) is 37.3 Å². The van der Waals surface area contributed by atoms with Gasteiger partial charge in [0.05, 0.1) is 11.7 Å². The van der Waals surface area contributed by atoms with Crippen LogP contribution < -0.4 is 5.32 Å². The van der Waals surface area contributed by atoms with Crippen molar-refractivity contribution in [2.45, 2.75) is 44.4 Å². The molecule has 162 valence electrons. The normalized spacial score (nSPS) is 18.2. The van der Waals surface area contributed by atoms with Crippen molar-refractivity contribution < 1.29 is 13.2 Å². The number of sulfonamides is 1. The van der Waals surface area contributed by atoms with Gasteiger partial charge in [0.1, 0.15) is 0 Å². The fourth-order valence-electron chi connectivity index (χ4n) is 3.92. The van der Waals surface area contributed by atoms with E-state index in [2.05, 4.69) is 5.32 Å². The van der Waals surface area contributed by atoms with E-state index in [4.69, 9.17) is 11.6 Å². The molecule has 1 fully saturated rings. The van der Waals surface area contributed by atoms with Gasteiger partial charge in [-0.3, -0.25) is 4.79 Å². The van der Waals surface area contributed by atoms with E-state index in [0.29, 0.717) is 36.4 Å². The van der Waals surface area contributed by atoms with Gasteiger partial charge >= 0.3 is 0 Å². The van der Waals surface area contributed by atoms with Crippen LogP contribution in [0.25, 0.3) is 0 Å². The number of rotatable bonds is 7. The Morgan fingerprint density at radius 2 is 1.83 bits per heavy atom. The first-order chi connectivity index (χ1) is 14.1. The molecule has 1 N–H and O–H groups in total. The van der Waals surface area contributed by atoms with E-state index in [-0.39, 0.29) is 24.1 Å². The van der Waals surface area contributed by atoms with Gasteiger partial charge in [-0.1, -0.05) is 54.1 Å². The first-order valence-electron chi connectivity index (χ1n) is 10.2. The molecule has 1 heterocycles. The number of nitrogens with zero attached hydrogens (tertiary/aromatic N) is 1. The molecule has 0 bridgehead atoms. The quantitative estimate of drug-likeness (QED) is 0.695. The molecule has 3 rings (SSSR count). The second kappa shape index (κ2) is 9.50. The molecule has 1 atom stereocenters. The third-order valence-corrected chi connectivity index (χ3v) is 7.39. The fraction of sp³-hybridized carbons (Fsp3) is 0.435. The van der Waals surface area contributed by atoms with Crippen molar-refractivity contribution in [1.29, 1.82) is 0 Å². The summed E-state index contributed by atoms with van der Waals surface area (Å²) in [4.78, 5) is 12.9. The van der Waals surface area contributed by atoms with Gasteiger partial charge in [-0.2, -0.15) is 0 Å². The highest BCUT2D eigenvalue weighted by atomic mass is 35.5. The predicted octanol–water partition coefficient (Wildman–Crippen LogP) is 4.02. The van der Waals surface area contributed by atoms with Gasteiger partial charge in [0, 0.05) is 23.7 Å². The van der Waals surface area contributed by atoms with Crippen LogP contribution in [0.1, 0.15) is 37.8 Å². The number of halogens is 1. The van der Waals surface area contributed by atoms with Crippen molar-refractivity contribution in [3.8, 4) is 0 Å². The number of hydrogen-bond acceptors (Lipinski definition) is 3. The minimum atomic E-state index is -3.52. The first-order valence-corrected chi connectivity index (χ1v) is 12.2. The molecule has 0 saturated carbocycles. The Hall–Kier alpha value is -1.89. The van der Waals surface area contributed by atoms with E-state index in [9.17, 15) is 13.2 Å². The van der Waals surface area contributed by atoms with Crippen LogP contribution in [0.15, 0.2) is 54.6 Å². The molecule has 1 amide bonds. The highest BCUT2D eigenvalue weighted by molar-refractivity contribution is 7.88. The highest BCUT2D eigenvalue weighted by Gasteiger charge is 2.34. The van der Waals surface area contributed by atoms with E-state index < -0.39 is 15.6 Å². The van der Waals surface area contributed by atoms with Crippen molar-refractivity contribution in [3.63, 3.8) is 0 Å². The number of nitrogens with one attached hydrogen (secondary N) is 1. The summed E-state index contributed by atoms with van der Waals surface area (Å²) in [6.45, 7) is 4.65. The summed E-state index contributed by atoms with van der Waals surface area (Å²) in [6, 6.07) is 16.9. The molecule has 0 radical (unpaired) electrons.